The fourth-order valence-electron chi connectivity index (χ4n) is 4.13. The van der Waals surface area contributed by atoms with Gasteiger partial charge in [-0.3, -0.25) is 23.8 Å². The fraction of sp³-hybridized carbons (Fsp3) is 0.478. The van der Waals surface area contributed by atoms with Crippen LogP contribution in [-0.4, -0.2) is 80.4 Å². The van der Waals surface area contributed by atoms with E-state index in [0.29, 0.717) is 52.4 Å². The number of anilines is 1. The van der Waals surface area contributed by atoms with Crippen molar-refractivity contribution in [2.75, 3.05) is 50.8 Å². The number of β-amino-alcohol motifs (C(OH)–C–C–N with tert-alkyl or cyclic N) is 1. The van der Waals surface area contributed by atoms with E-state index in [1.807, 2.05) is 19.1 Å². The number of hydrogen-bond donors (Lipinski definition) is 1. The lowest BCUT2D eigenvalue weighted by atomic mass is 10.2. The molecule has 2 aliphatic heterocycles. The number of thiocarbonyl (C=S) groups is 1. The van der Waals surface area contributed by atoms with Crippen LogP contribution in [-0.2, 0) is 4.79 Å². The van der Waals surface area contributed by atoms with E-state index in [1.54, 1.807) is 21.6 Å². The van der Waals surface area contributed by atoms with Gasteiger partial charge >= 0.3 is 0 Å². The van der Waals surface area contributed by atoms with Gasteiger partial charge in [0.1, 0.15) is 15.8 Å². The SMILES string of the molecule is CCCCN1C(=O)/C(=C/c2c(N3CCN(CCO)CC3)nc3c(C)cccn3c2=O)SC1=S. The fourth-order valence-corrected chi connectivity index (χ4v) is 5.42. The minimum absolute atomic E-state index is 0.125. The smallest absolute Gasteiger partial charge is 0.267 e. The number of aromatic nitrogens is 2. The molecule has 4 rings (SSSR count). The van der Waals surface area contributed by atoms with Gasteiger partial charge in [0, 0.05) is 45.5 Å². The van der Waals surface area contributed by atoms with E-state index in [1.165, 1.54) is 11.8 Å². The average molecular weight is 488 g/mol. The van der Waals surface area contributed by atoms with E-state index < -0.39 is 0 Å². The Morgan fingerprint density at radius 1 is 1.21 bits per heavy atom. The highest BCUT2D eigenvalue weighted by molar-refractivity contribution is 8.26. The summed E-state index contributed by atoms with van der Waals surface area (Å²) in [4.78, 5) is 37.9. The second kappa shape index (κ2) is 10.3. The molecule has 0 aromatic carbocycles. The van der Waals surface area contributed by atoms with Gasteiger partial charge in [0.25, 0.3) is 11.5 Å². The summed E-state index contributed by atoms with van der Waals surface area (Å²) in [7, 11) is 0. The molecule has 2 aromatic heterocycles. The molecule has 8 nitrogen and oxygen atoms in total. The summed E-state index contributed by atoms with van der Waals surface area (Å²) in [6.07, 6.45) is 5.23. The number of fused-ring (bicyclic) bond motifs is 1. The number of pyridine rings is 1. The van der Waals surface area contributed by atoms with Crippen LogP contribution in [0.4, 0.5) is 5.82 Å². The molecule has 1 amide bonds. The van der Waals surface area contributed by atoms with Crippen molar-refractivity contribution in [2.45, 2.75) is 26.7 Å². The molecule has 2 saturated heterocycles. The topological polar surface area (TPSA) is 81.4 Å². The summed E-state index contributed by atoms with van der Waals surface area (Å²) < 4.78 is 2.08. The molecule has 0 radical (unpaired) electrons. The van der Waals surface area contributed by atoms with Crippen LogP contribution in [0.25, 0.3) is 11.7 Å². The number of aliphatic hydroxyl groups excluding tert-OH is 1. The van der Waals surface area contributed by atoms with Crippen LogP contribution in [0.1, 0.15) is 30.9 Å². The Kier molecular flexibility index (Phi) is 7.48. The van der Waals surface area contributed by atoms with Gasteiger partial charge in [-0.15, -0.1) is 0 Å². The van der Waals surface area contributed by atoms with Crippen molar-refractivity contribution < 1.29 is 9.90 Å². The van der Waals surface area contributed by atoms with Crippen molar-refractivity contribution in [2.24, 2.45) is 0 Å². The molecule has 0 spiro atoms. The van der Waals surface area contributed by atoms with Crippen LogP contribution in [0.15, 0.2) is 28.0 Å². The third kappa shape index (κ3) is 4.84. The van der Waals surface area contributed by atoms with Gasteiger partial charge in [0.2, 0.25) is 0 Å². The highest BCUT2D eigenvalue weighted by Crippen LogP contribution is 2.34. The molecule has 0 atom stereocenters. The molecule has 4 heterocycles. The molecule has 0 unspecified atom stereocenters. The number of piperazine rings is 1. The van der Waals surface area contributed by atoms with Gasteiger partial charge in [-0.25, -0.2) is 4.98 Å². The number of thioether (sulfide) groups is 1. The first-order chi connectivity index (χ1) is 15.9. The third-order valence-electron chi connectivity index (χ3n) is 6.04. The first-order valence-corrected chi connectivity index (χ1v) is 12.5. The first kappa shape index (κ1) is 23.9. The summed E-state index contributed by atoms with van der Waals surface area (Å²) in [5.41, 5.74) is 1.73. The zero-order valence-electron chi connectivity index (χ0n) is 19.0. The Morgan fingerprint density at radius 2 is 1.97 bits per heavy atom. The summed E-state index contributed by atoms with van der Waals surface area (Å²) >= 11 is 6.68. The Labute approximate surface area is 202 Å². The number of nitrogens with zero attached hydrogens (tertiary/aromatic N) is 5. The number of amides is 1. The van der Waals surface area contributed by atoms with E-state index in [2.05, 4.69) is 16.7 Å². The summed E-state index contributed by atoms with van der Waals surface area (Å²) in [5, 5.41) is 9.24. The molecule has 10 heteroatoms. The van der Waals surface area contributed by atoms with Gasteiger partial charge in [0.15, 0.2) is 0 Å². The number of unbranched alkanes of at least 4 members (excludes halogenated alkanes) is 1. The molecule has 2 aliphatic rings. The Morgan fingerprint density at radius 3 is 2.67 bits per heavy atom. The van der Waals surface area contributed by atoms with Gasteiger partial charge in [-0.2, -0.15) is 0 Å². The number of hydrogen-bond acceptors (Lipinski definition) is 8. The summed E-state index contributed by atoms with van der Waals surface area (Å²) in [6.45, 7) is 8.27. The maximum atomic E-state index is 13.6. The number of aliphatic hydroxyl groups is 1. The average Bonchev–Trinajstić information content (AvgIpc) is 3.07. The molecule has 2 aromatic rings. The molecule has 0 saturated carbocycles. The number of carbonyl (C=O) groups excluding carboxylic acids is 1. The minimum Gasteiger partial charge on any atom is -0.395 e. The molecule has 1 N–H and O–H groups in total. The van der Waals surface area contributed by atoms with Crippen molar-refractivity contribution in [3.8, 4) is 0 Å². The molecule has 33 heavy (non-hydrogen) atoms. The predicted molar refractivity (Wildman–Crippen MR) is 137 cm³/mol. The van der Waals surface area contributed by atoms with Crippen LogP contribution in [0, 0.1) is 6.92 Å². The lowest BCUT2D eigenvalue weighted by molar-refractivity contribution is -0.122. The number of carbonyl (C=O) groups is 1. The van der Waals surface area contributed by atoms with Gasteiger partial charge in [-0.1, -0.05) is 43.4 Å². The maximum absolute atomic E-state index is 13.6. The largest absolute Gasteiger partial charge is 0.395 e. The molecule has 176 valence electrons. The molecule has 0 bridgehead atoms. The zero-order chi connectivity index (χ0) is 23.5. The standard InChI is InChI=1S/C23H29N5O3S2/c1-3-4-7-28-22(31)18(33-23(28)32)15-17-20(26-11-9-25(10-12-26)13-14-29)24-19-16(2)6-5-8-27(19)21(17)30/h5-6,8,15,29H,3-4,7,9-14H2,1-2H3/b18-15-. The van der Waals surface area contributed by atoms with Gasteiger partial charge < -0.3 is 10.0 Å². The third-order valence-corrected chi connectivity index (χ3v) is 7.41. The summed E-state index contributed by atoms with van der Waals surface area (Å²) in [6, 6.07) is 3.76. The van der Waals surface area contributed by atoms with Crippen molar-refractivity contribution in [1.82, 2.24) is 19.2 Å². The van der Waals surface area contributed by atoms with E-state index >= 15 is 0 Å². The second-order valence-electron chi connectivity index (χ2n) is 8.28. The summed E-state index contributed by atoms with van der Waals surface area (Å²) in [5.74, 6) is 0.447. The normalized spacial score (nSPS) is 18.8. The van der Waals surface area contributed by atoms with E-state index in [9.17, 15) is 14.7 Å². The van der Waals surface area contributed by atoms with Crippen molar-refractivity contribution >= 4 is 51.7 Å². The van der Waals surface area contributed by atoms with Crippen LogP contribution >= 0.6 is 24.0 Å². The van der Waals surface area contributed by atoms with Gasteiger partial charge in [-0.05, 0) is 31.1 Å². The van der Waals surface area contributed by atoms with E-state index in [4.69, 9.17) is 17.2 Å². The Balaban J connectivity index is 1.77. The zero-order valence-corrected chi connectivity index (χ0v) is 20.6. The molecular formula is C23H29N5O3S2. The van der Waals surface area contributed by atoms with Crippen molar-refractivity contribution in [3.05, 3.63) is 44.7 Å². The molecule has 2 fully saturated rings. The van der Waals surface area contributed by atoms with Crippen LogP contribution in [0.2, 0.25) is 0 Å². The van der Waals surface area contributed by atoms with E-state index in [-0.39, 0.29) is 18.1 Å². The lowest BCUT2D eigenvalue weighted by Gasteiger charge is -2.35. The van der Waals surface area contributed by atoms with Gasteiger partial charge in [0.05, 0.1) is 17.1 Å². The minimum atomic E-state index is -0.199. The predicted octanol–water partition coefficient (Wildman–Crippen LogP) is 2.12. The molecular weight excluding hydrogens is 458 g/mol. The van der Waals surface area contributed by atoms with Crippen LogP contribution in [0.3, 0.4) is 0 Å². The van der Waals surface area contributed by atoms with Crippen LogP contribution < -0.4 is 10.5 Å². The monoisotopic (exact) mass is 487 g/mol. The first-order valence-electron chi connectivity index (χ1n) is 11.3. The van der Waals surface area contributed by atoms with Crippen molar-refractivity contribution in [3.63, 3.8) is 0 Å². The number of aryl methyl sites for hydroxylation is 1. The van der Waals surface area contributed by atoms with Crippen LogP contribution in [0.5, 0.6) is 0 Å². The van der Waals surface area contributed by atoms with Crippen molar-refractivity contribution in [1.29, 1.82) is 0 Å². The second-order valence-corrected chi connectivity index (χ2v) is 9.95. The highest BCUT2D eigenvalue weighted by atomic mass is 32.2. The molecule has 0 aliphatic carbocycles. The Hall–Kier alpha value is -2.27. The Bertz CT molecular complexity index is 1150. The number of rotatable bonds is 7. The highest BCUT2D eigenvalue weighted by Gasteiger charge is 2.32. The maximum Gasteiger partial charge on any atom is 0.267 e. The lowest BCUT2D eigenvalue weighted by Crippen LogP contribution is -2.48. The van der Waals surface area contributed by atoms with E-state index in [0.717, 1.165) is 31.5 Å². The quantitative estimate of drug-likeness (QED) is 0.470.